The quantitative estimate of drug-likeness (QED) is 0.559. The van der Waals surface area contributed by atoms with Gasteiger partial charge in [-0.05, 0) is 67.1 Å². The monoisotopic (exact) mass is 404 g/mol. The lowest BCUT2D eigenvalue weighted by Gasteiger charge is -2.24. The second kappa shape index (κ2) is 8.84. The topological polar surface area (TPSA) is 33.7 Å². The van der Waals surface area contributed by atoms with Crippen LogP contribution in [0.2, 0.25) is 5.02 Å². The molecule has 1 unspecified atom stereocenters. The van der Waals surface area contributed by atoms with Gasteiger partial charge in [-0.2, -0.15) is 0 Å². The van der Waals surface area contributed by atoms with Crippen LogP contribution in [0.5, 0.6) is 0 Å². The summed E-state index contributed by atoms with van der Waals surface area (Å²) in [7, 11) is 2.11. The minimum atomic E-state index is -0.0465. The number of fused-ring (bicyclic) bond motifs is 2. The van der Waals surface area contributed by atoms with E-state index in [1.165, 1.54) is 21.7 Å². The fourth-order valence-electron chi connectivity index (χ4n) is 3.65. The van der Waals surface area contributed by atoms with Gasteiger partial charge in [-0.15, -0.1) is 0 Å². The smallest absolute Gasteiger partial charge is 0.157 e. The van der Waals surface area contributed by atoms with Crippen LogP contribution in [-0.2, 0) is 9.47 Å². The third-order valence-electron chi connectivity index (χ3n) is 4.97. The van der Waals surface area contributed by atoms with E-state index in [2.05, 4.69) is 53.1 Å². The highest BCUT2D eigenvalue weighted by Crippen LogP contribution is 2.43. The number of halogens is 1. The molecule has 2 aliphatic heterocycles. The summed E-state index contributed by atoms with van der Waals surface area (Å²) in [5.41, 5.74) is 3.79. The Morgan fingerprint density at radius 2 is 1.96 bits per heavy atom. The number of rotatable bonds is 5. The van der Waals surface area contributed by atoms with E-state index in [9.17, 15) is 0 Å². The Labute approximate surface area is 170 Å². The lowest BCUT2D eigenvalue weighted by molar-refractivity contribution is -0.181. The van der Waals surface area contributed by atoms with Gasteiger partial charge in [-0.25, -0.2) is 0 Å². The van der Waals surface area contributed by atoms with Crippen molar-refractivity contribution in [2.24, 2.45) is 0 Å². The summed E-state index contributed by atoms with van der Waals surface area (Å²) >= 11 is 7.99. The maximum atomic E-state index is 6.27. The summed E-state index contributed by atoms with van der Waals surface area (Å²) in [6.45, 7) is 2.52. The molecule has 0 bridgehead atoms. The second-order valence-corrected chi connectivity index (χ2v) is 8.49. The van der Waals surface area contributed by atoms with E-state index < -0.39 is 0 Å². The van der Waals surface area contributed by atoms with Crippen LogP contribution in [0, 0.1) is 0 Å². The van der Waals surface area contributed by atoms with Crippen molar-refractivity contribution >= 4 is 29.2 Å². The summed E-state index contributed by atoms with van der Waals surface area (Å²) in [6, 6.07) is 14.9. The molecular formula is C21H25ClN2O2S. The van der Waals surface area contributed by atoms with Crippen LogP contribution < -0.4 is 9.62 Å². The molecule has 2 aromatic carbocycles. The van der Waals surface area contributed by atoms with E-state index in [1.54, 1.807) is 11.9 Å². The maximum absolute atomic E-state index is 6.27. The van der Waals surface area contributed by atoms with Crippen LogP contribution in [-0.4, -0.2) is 33.1 Å². The Kier molecular flexibility index (Phi) is 6.25. The van der Waals surface area contributed by atoms with E-state index in [0.29, 0.717) is 0 Å². The first-order chi connectivity index (χ1) is 13.2. The van der Waals surface area contributed by atoms with Crippen molar-refractivity contribution in [1.82, 2.24) is 5.32 Å². The van der Waals surface area contributed by atoms with Gasteiger partial charge in [-0.1, -0.05) is 35.9 Å². The van der Waals surface area contributed by atoms with Crippen LogP contribution in [0.15, 0.2) is 47.4 Å². The van der Waals surface area contributed by atoms with Gasteiger partial charge in [0.25, 0.3) is 0 Å². The molecule has 0 radical (unpaired) electrons. The van der Waals surface area contributed by atoms with Gasteiger partial charge in [0.1, 0.15) is 0 Å². The number of hydrogen-bond acceptors (Lipinski definition) is 5. The minimum absolute atomic E-state index is 0.0465. The van der Waals surface area contributed by atoms with Gasteiger partial charge in [0.2, 0.25) is 0 Å². The number of anilines is 1. The van der Waals surface area contributed by atoms with Gasteiger partial charge >= 0.3 is 0 Å². The molecule has 27 heavy (non-hydrogen) atoms. The molecule has 2 aromatic rings. The average molecular weight is 405 g/mol. The third-order valence-corrected chi connectivity index (χ3v) is 6.23. The third kappa shape index (κ3) is 4.44. The summed E-state index contributed by atoms with van der Waals surface area (Å²) in [5.74, 6) is 0. The fourth-order valence-corrected chi connectivity index (χ4v) is 4.91. The number of benzene rings is 2. The van der Waals surface area contributed by atoms with Gasteiger partial charge in [0.05, 0.1) is 24.9 Å². The highest BCUT2D eigenvalue weighted by atomic mass is 35.5. The summed E-state index contributed by atoms with van der Waals surface area (Å²) in [6.07, 6.45) is 2.88. The zero-order valence-electron chi connectivity index (χ0n) is 15.5. The highest BCUT2D eigenvalue weighted by Gasteiger charge is 2.26. The standard InChI is InChI=1S/C21H25ClN2O2S/c1-24-18-7-3-2-6-16(18)21(17-10-9-15(22)14-19(17)27-24)23-11-4-8-20-25-12-5-13-26-20/h2-3,6-7,9-10,14,20-21,23H,4-5,8,11-13H2,1H3. The number of para-hydroxylation sites is 1. The first-order valence-corrected chi connectivity index (χ1v) is 10.6. The van der Waals surface area contributed by atoms with Crippen molar-refractivity contribution in [1.29, 1.82) is 0 Å². The molecule has 0 aromatic heterocycles. The SMILES string of the molecule is CN1Sc2cc(Cl)ccc2C(NCCCC2OCCCO2)c2ccccc21. The molecule has 1 saturated heterocycles. The molecule has 6 heteroatoms. The number of ether oxygens (including phenoxy) is 2. The Morgan fingerprint density at radius 1 is 1.15 bits per heavy atom. The van der Waals surface area contributed by atoms with Gasteiger partial charge in [0.15, 0.2) is 6.29 Å². The molecule has 0 saturated carbocycles. The Hall–Kier alpha value is -1.24. The van der Waals surface area contributed by atoms with Gasteiger partial charge in [-0.3, -0.25) is 0 Å². The second-order valence-electron chi connectivity index (χ2n) is 6.88. The fraction of sp³-hybridized carbons (Fsp3) is 0.429. The van der Waals surface area contributed by atoms with E-state index in [1.807, 2.05) is 6.07 Å². The molecule has 2 heterocycles. The first-order valence-electron chi connectivity index (χ1n) is 9.49. The Morgan fingerprint density at radius 3 is 2.81 bits per heavy atom. The summed E-state index contributed by atoms with van der Waals surface area (Å²) < 4.78 is 13.5. The van der Waals surface area contributed by atoms with Crippen molar-refractivity contribution in [3.8, 4) is 0 Å². The molecule has 144 valence electrons. The van der Waals surface area contributed by atoms with E-state index >= 15 is 0 Å². The van der Waals surface area contributed by atoms with E-state index in [4.69, 9.17) is 21.1 Å². The number of hydrogen-bond donors (Lipinski definition) is 1. The van der Waals surface area contributed by atoms with Crippen molar-refractivity contribution in [2.45, 2.75) is 36.5 Å². The molecule has 0 aliphatic carbocycles. The molecule has 0 amide bonds. The van der Waals surface area contributed by atoms with Crippen LogP contribution in [0.1, 0.15) is 36.4 Å². The predicted molar refractivity (Wildman–Crippen MR) is 112 cm³/mol. The van der Waals surface area contributed by atoms with Crippen molar-refractivity contribution in [2.75, 3.05) is 31.1 Å². The van der Waals surface area contributed by atoms with Crippen molar-refractivity contribution < 1.29 is 9.47 Å². The molecule has 1 fully saturated rings. The van der Waals surface area contributed by atoms with Crippen LogP contribution in [0.4, 0.5) is 5.69 Å². The molecular weight excluding hydrogens is 380 g/mol. The Balaban J connectivity index is 1.52. The molecule has 1 atom stereocenters. The maximum Gasteiger partial charge on any atom is 0.157 e. The summed E-state index contributed by atoms with van der Waals surface area (Å²) in [5, 5.41) is 4.53. The van der Waals surface area contributed by atoms with Gasteiger partial charge < -0.3 is 19.1 Å². The molecule has 4 rings (SSSR count). The number of nitrogens with zero attached hydrogens (tertiary/aromatic N) is 1. The van der Waals surface area contributed by atoms with Crippen LogP contribution in [0.25, 0.3) is 0 Å². The molecule has 4 nitrogen and oxygen atoms in total. The van der Waals surface area contributed by atoms with E-state index in [-0.39, 0.29) is 12.3 Å². The minimum Gasteiger partial charge on any atom is -0.353 e. The van der Waals surface area contributed by atoms with Crippen molar-refractivity contribution in [3.05, 3.63) is 58.6 Å². The van der Waals surface area contributed by atoms with Crippen LogP contribution >= 0.6 is 23.5 Å². The van der Waals surface area contributed by atoms with E-state index in [0.717, 1.165) is 44.0 Å². The molecule has 0 spiro atoms. The average Bonchev–Trinajstić information content (AvgIpc) is 2.80. The zero-order chi connectivity index (χ0) is 18.6. The largest absolute Gasteiger partial charge is 0.353 e. The van der Waals surface area contributed by atoms with Crippen molar-refractivity contribution in [3.63, 3.8) is 0 Å². The molecule has 2 aliphatic rings. The molecule has 1 N–H and O–H groups in total. The first kappa shape index (κ1) is 19.1. The van der Waals surface area contributed by atoms with Crippen LogP contribution in [0.3, 0.4) is 0 Å². The normalized spacial score (nSPS) is 20.1. The predicted octanol–water partition coefficient (Wildman–Crippen LogP) is 5.02. The lowest BCUT2D eigenvalue weighted by Crippen LogP contribution is -2.28. The number of nitrogens with one attached hydrogen (secondary N) is 1. The van der Waals surface area contributed by atoms with Gasteiger partial charge in [0, 0.05) is 17.0 Å². The zero-order valence-corrected chi connectivity index (χ0v) is 17.1. The Bertz CT molecular complexity index is 783. The highest BCUT2D eigenvalue weighted by molar-refractivity contribution is 8.00. The lowest BCUT2D eigenvalue weighted by atomic mass is 9.96. The summed E-state index contributed by atoms with van der Waals surface area (Å²) in [4.78, 5) is 1.19.